The van der Waals surface area contributed by atoms with Gasteiger partial charge in [0.25, 0.3) is 0 Å². The van der Waals surface area contributed by atoms with E-state index in [9.17, 15) is 4.79 Å². The highest BCUT2D eigenvalue weighted by atomic mass is 16.5. The second-order valence-corrected chi connectivity index (χ2v) is 3.93. The molecule has 0 saturated carbocycles. The zero-order chi connectivity index (χ0) is 12.3. The Bertz CT molecular complexity index is 466. The van der Waals surface area contributed by atoms with Crippen molar-refractivity contribution in [3.05, 3.63) is 29.3 Å². The zero-order valence-electron chi connectivity index (χ0n) is 10.0. The molecule has 0 unspecified atom stereocenters. The van der Waals surface area contributed by atoms with Crippen molar-refractivity contribution in [2.45, 2.75) is 13.3 Å². The summed E-state index contributed by atoms with van der Waals surface area (Å²) in [7, 11) is 1.56. The van der Waals surface area contributed by atoms with Crippen molar-refractivity contribution in [2.24, 2.45) is 4.99 Å². The van der Waals surface area contributed by atoms with E-state index in [1.165, 1.54) is 0 Å². The van der Waals surface area contributed by atoms with Gasteiger partial charge in [-0.3, -0.25) is 9.79 Å². The summed E-state index contributed by atoms with van der Waals surface area (Å²) in [6, 6.07) is 5.55. The molecule has 1 aromatic rings. The first-order chi connectivity index (χ1) is 8.20. The van der Waals surface area contributed by atoms with E-state index in [4.69, 9.17) is 9.47 Å². The largest absolute Gasteiger partial charge is 0.496 e. The number of benzene rings is 1. The number of Topliss-reactive ketones (excluding diaryl/α,β-unsaturated/α-hetero) is 1. The van der Waals surface area contributed by atoms with Gasteiger partial charge in [-0.15, -0.1) is 0 Å². The molecule has 0 fully saturated rings. The van der Waals surface area contributed by atoms with Crippen LogP contribution in [0.3, 0.4) is 0 Å². The van der Waals surface area contributed by atoms with Crippen molar-refractivity contribution in [3.63, 3.8) is 0 Å². The lowest BCUT2D eigenvalue weighted by Gasteiger charge is -2.08. The molecule has 2 rings (SSSR count). The maximum atomic E-state index is 12.1. The molecule has 0 atom stereocenters. The molecule has 0 N–H and O–H groups in total. The third kappa shape index (κ3) is 2.64. The van der Waals surface area contributed by atoms with Gasteiger partial charge in [0.15, 0.2) is 11.7 Å². The third-order valence-electron chi connectivity index (χ3n) is 2.62. The average Bonchev–Trinajstić information content (AvgIpc) is 2.81. The van der Waals surface area contributed by atoms with Crippen molar-refractivity contribution in [2.75, 3.05) is 20.3 Å². The molecule has 1 aliphatic heterocycles. The van der Waals surface area contributed by atoms with Crippen LogP contribution in [0.5, 0.6) is 5.75 Å². The molecule has 1 aromatic carbocycles. The van der Waals surface area contributed by atoms with Gasteiger partial charge in [-0.25, -0.2) is 0 Å². The summed E-state index contributed by atoms with van der Waals surface area (Å²) in [5.41, 5.74) is 1.62. The fourth-order valence-electron chi connectivity index (χ4n) is 1.76. The van der Waals surface area contributed by atoms with Gasteiger partial charge in [0.05, 0.1) is 25.6 Å². The summed E-state index contributed by atoms with van der Waals surface area (Å²) in [4.78, 5) is 16.2. The Morgan fingerprint density at radius 1 is 1.53 bits per heavy atom. The van der Waals surface area contributed by atoms with Gasteiger partial charge in [0, 0.05) is 0 Å². The van der Waals surface area contributed by atoms with Crippen molar-refractivity contribution in [1.82, 2.24) is 0 Å². The normalized spacial score (nSPS) is 14.1. The highest BCUT2D eigenvalue weighted by molar-refractivity contribution is 6.09. The van der Waals surface area contributed by atoms with Crippen LogP contribution in [0.1, 0.15) is 22.3 Å². The monoisotopic (exact) mass is 233 g/mol. The maximum absolute atomic E-state index is 12.1. The molecule has 4 heteroatoms. The molecule has 0 aromatic heterocycles. The van der Waals surface area contributed by atoms with Gasteiger partial charge in [-0.1, -0.05) is 11.6 Å². The summed E-state index contributed by atoms with van der Waals surface area (Å²) < 4.78 is 10.4. The molecular weight excluding hydrogens is 218 g/mol. The van der Waals surface area contributed by atoms with Gasteiger partial charge in [-0.2, -0.15) is 0 Å². The van der Waals surface area contributed by atoms with E-state index in [1.807, 2.05) is 19.1 Å². The average molecular weight is 233 g/mol. The summed E-state index contributed by atoms with van der Waals surface area (Å²) in [5, 5.41) is 0. The maximum Gasteiger partial charge on any atom is 0.191 e. The van der Waals surface area contributed by atoms with Gasteiger partial charge in [0.1, 0.15) is 12.4 Å². The molecule has 90 valence electrons. The smallest absolute Gasteiger partial charge is 0.191 e. The van der Waals surface area contributed by atoms with Gasteiger partial charge in [0.2, 0.25) is 0 Å². The number of carbonyl (C=O) groups excluding carboxylic acids is 1. The Morgan fingerprint density at radius 2 is 2.35 bits per heavy atom. The molecule has 4 nitrogen and oxygen atoms in total. The Morgan fingerprint density at radius 3 is 3.00 bits per heavy atom. The first-order valence-electron chi connectivity index (χ1n) is 5.54. The standard InChI is InChI=1S/C13H15NO3/c1-9-3-4-12(16-2)10(7-9)11(15)8-13-14-5-6-17-13/h3-4,7H,5-6,8H2,1-2H3. The first-order valence-corrected chi connectivity index (χ1v) is 5.54. The Balaban J connectivity index is 2.20. The molecule has 0 bridgehead atoms. The number of methoxy groups -OCH3 is 1. The zero-order valence-corrected chi connectivity index (χ0v) is 10.0. The second kappa shape index (κ2) is 4.99. The topological polar surface area (TPSA) is 47.9 Å². The van der Waals surface area contributed by atoms with Crippen LogP contribution >= 0.6 is 0 Å². The van der Waals surface area contributed by atoms with E-state index in [0.29, 0.717) is 30.4 Å². The predicted octanol–water partition coefficient (Wildman–Crippen LogP) is 2.01. The molecule has 0 amide bonds. The third-order valence-corrected chi connectivity index (χ3v) is 2.62. The van der Waals surface area contributed by atoms with E-state index in [-0.39, 0.29) is 12.2 Å². The number of carbonyl (C=O) groups is 1. The van der Waals surface area contributed by atoms with E-state index in [1.54, 1.807) is 13.2 Å². The van der Waals surface area contributed by atoms with Crippen LogP contribution in [0.2, 0.25) is 0 Å². The summed E-state index contributed by atoms with van der Waals surface area (Å²) in [6.45, 7) is 3.17. The minimum atomic E-state index is -0.0220. The number of nitrogens with zero attached hydrogens (tertiary/aromatic N) is 1. The van der Waals surface area contributed by atoms with Crippen LogP contribution in [-0.2, 0) is 4.74 Å². The predicted molar refractivity (Wildman–Crippen MR) is 64.9 cm³/mol. The number of rotatable bonds is 4. The molecule has 0 aliphatic carbocycles. The van der Waals surface area contributed by atoms with Crippen molar-refractivity contribution < 1.29 is 14.3 Å². The molecule has 0 radical (unpaired) electrons. The first kappa shape index (κ1) is 11.6. The number of ketones is 1. The van der Waals surface area contributed by atoms with Crippen molar-refractivity contribution in [1.29, 1.82) is 0 Å². The lowest BCUT2D eigenvalue weighted by atomic mass is 10.0. The summed E-state index contributed by atoms with van der Waals surface area (Å²) >= 11 is 0. The van der Waals surface area contributed by atoms with E-state index < -0.39 is 0 Å². The van der Waals surface area contributed by atoms with Crippen LogP contribution in [0, 0.1) is 6.92 Å². The SMILES string of the molecule is COc1ccc(C)cc1C(=O)CC1=NCCO1. The fourth-order valence-corrected chi connectivity index (χ4v) is 1.76. The van der Waals surface area contributed by atoms with Gasteiger partial charge in [-0.05, 0) is 19.1 Å². The van der Waals surface area contributed by atoms with Crippen LogP contribution in [0.25, 0.3) is 0 Å². The Labute approximate surface area is 100 Å². The van der Waals surface area contributed by atoms with E-state index in [2.05, 4.69) is 4.99 Å². The molecule has 1 heterocycles. The molecule has 17 heavy (non-hydrogen) atoms. The fraction of sp³-hybridized carbons (Fsp3) is 0.385. The Kier molecular flexibility index (Phi) is 3.42. The number of hydrogen-bond acceptors (Lipinski definition) is 4. The number of hydrogen-bond donors (Lipinski definition) is 0. The number of ether oxygens (including phenoxy) is 2. The highest BCUT2D eigenvalue weighted by Gasteiger charge is 2.17. The summed E-state index contributed by atoms with van der Waals surface area (Å²) in [6.07, 6.45) is 0.208. The molecular formula is C13H15NO3. The van der Waals surface area contributed by atoms with Crippen LogP contribution in [-0.4, -0.2) is 31.9 Å². The Hall–Kier alpha value is -1.84. The molecule has 0 spiro atoms. The van der Waals surface area contributed by atoms with Crippen molar-refractivity contribution in [3.8, 4) is 5.75 Å². The van der Waals surface area contributed by atoms with Gasteiger partial charge < -0.3 is 9.47 Å². The highest BCUT2D eigenvalue weighted by Crippen LogP contribution is 2.21. The summed E-state index contributed by atoms with van der Waals surface area (Å²) in [5.74, 6) is 1.10. The lowest BCUT2D eigenvalue weighted by molar-refractivity contribution is 0.0991. The second-order valence-electron chi connectivity index (χ2n) is 3.93. The van der Waals surface area contributed by atoms with Crippen LogP contribution < -0.4 is 4.74 Å². The van der Waals surface area contributed by atoms with Crippen LogP contribution in [0.15, 0.2) is 23.2 Å². The minimum absolute atomic E-state index is 0.0220. The van der Waals surface area contributed by atoms with E-state index in [0.717, 1.165) is 5.56 Å². The van der Waals surface area contributed by atoms with Crippen LogP contribution in [0.4, 0.5) is 0 Å². The lowest BCUT2D eigenvalue weighted by Crippen LogP contribution is -2.10. The quantitative estimate of drug-likeness (QED) is 0.747. The molecule has 0 saturated heterocycles. The minimum Gasteiger partial charge on any atom is -0.496 e. The molecule has 1 aliphatic rings. The van der Waals surface area contributed by atoms with Gasteiger partial charge >= 0.3 is 0 Å². The number of aliphatic imine (C=N–C) groups is 1. The van der Waals surface area contributed by atoms with E-state index >= 15 is 0 Å². The van der Waals surface area contributed by atoms with Crippen molar-refractivity contribution >= 4 is 11.7 Å². The number of aryl methyl sites for hydroxylation is 1.